The van der Waals surface area contributed by atoms with Gasteiger partial charge in [0.2, 0.25) is 0 Å². The minimum atomic E-state index is -1.12. The number of alkyl carbamates (subject to hydrolysis) is 1. The molecule has 0 aliphatic carbocycles. The highest BCUT2D eigenvalue weighted by atomic mass is 16.6. The van der Waals surface area contributed by atoms with Gasteiger partial charge in [0.1, 0.15) is 23.9 Å². The van der Waals surface area contributed by atoms with E-state index in [4.69, 9.17) is 14.2 Å². The van der Waals surface area contributed by atoms with E-state index >= 15 is 0 Å². The Kier molecular flexibility index (Phi) is 14.2. The van der Waals surface area contributed by atoms with E-state index in [0.717, 1.165) is 5.56 Å². The predicted molar refractivity (Wildman–Crippen MR) is 149 cm³/mol. The molecule has 3 amide bonds. The Hall–Kier alpha value is -3.63. The van der Waals surface area contributed by atoms with Gasteiger partial charge in [0, 0.05) is 13.0 Å². The number of Topliss-reactive ketones (excluding diaryl/α,β-unsaturated/α-hetero) is 1. The summed E-state index contributed by atoms with van der Waals surface area (Å²) >= 11 is 0. The summed E-state index contributed by atoms with van der Waals surface area (Å²) in [6.45, 7) is 12.2. The Balaban J connectivity index is 2.55. The van der Waals surface area contributed by atoms with Crippen molar-refractivity contribution in [3.63, 3.8) is 0 Å². The predicted octanol–water partition coefficient (Wildman–Crippen LogP) is 4.17. The standard InChI is InChI=1S/C29H45N3O8/c1-20(33)22(15-11-12-18-30-27(37)38-19-21-13-9-8-10-14-21)31-26(36)32-23(25(35)40-29(5,6)7)16-17-24(34)39-28(2,3)4/h8-10,13-14,22-23H,11-12,15-19H2,1-7H3,(H,30,37)(H2,31,32,36)/t22-,23-/m0/s1. The summed E-state index contributed by atoms with van der Waals surface area (Å²) < 4.78 is 15.8. The highest BCUT2D eigenvalue weighted by Gasteiger charge is 2.29. The molecule has 1 aromatic carbocycles. The Labute approximate surface area is 237 Å². The molecular weight excluding hydrogens is 518 g/mol. The van der Waals surface area contributed by atoms with Gasteiger partial charge in [-0.25, -0.2) is 14.4 Å². The van der Waals surface area contributed by atoms with E-state index in [9.17, 15) is 24.0 Å². The molecule has 0 spiro atoms. The van der Waals surface area contributed by atoms with Gasteiger partial charge in [-0.1, -0.05) is 30.3 Å². The minimum Gasteiger partial charge on any atom is -0.460 e. The van der Waals surface area contributed by atoms with Crippen LogP contribution in [0, 0.1) is 0 Å². The zero-order valence-corrected chi connectivity index (χ0v) is 24.8. The number of hydrogen-bond acceptors (Lipinski definition) is 8. The van der Waals surface area contributed by atoms with E-state index in [-0.39, 0.29) is 25.2 Å². The lowest BCUT2D eigenvalue weighted by atomic mass is 10.1. The van der Waals surface area contributed by atoms with Crippen molar-refractivity contribution in [2.24, 2.45) is 0 Å². The van der Waals surface area contributed by atoms with E-state index in [0.29, 0.717) is 25.8 Å². The smallest absolute Gasteiger partial charge is 0.407 e. The zero-order chi connectivity index (χ0) is 30.3. The molecule has 1 rings (SSSR count). The normalized spacial score (nSPS) is 12.9. The summed E-state index contributed by atoms with van der Waals surface area (Å²) in [5, 5.41) is 7.78. The monoisotopic (exact) mass is 563 g/mol. The number of nitrogens with one attached hydrogen (secondary N) is 3. The molecule has 11 heteroatoms. The second kappa shape index (κ2) is 16.5. The van der Waals surface area contributed by atoms with E-state index in [1.807, 2.05) is 30.3 Å². The van der Waals surface area contributed by atoms with Gasteiger partial charge >= 0.3 is 24.1 Å². The summed E-state index contributed by atoms with van der Waals surface area (Å²) in [5.41, 5.74) is -0.607. The first kappa shape index (κ1) is 34.4. The third kappa shape index (κ3) is 16.4. The van der Waals surface area contributed by atoms with Gasteiger partial charge in [0.15, 0.2) is 5.78 Å². The summed E-state index contributed by atoms with van der Waals surface area (Å²) in [6.07, 6.45) is 0.746. The second-order valence-corrected chi connectivity index (χ2v) is 11.5. The molecule has 0 saturated carbocycles. The maximum atomic E-state index is 12.7. The summed E-state index contributed by atoms with van der Waals surface area (Å²) in [6, 6.07) is 6.66. The van der Waals surface area contributed by atoms with Gasteiger partial charge in [-0.3, -0.25) is 9.59 Å². The molecule has 1 aromatic rings. The number of esters is 2. The lowest BCUT2D eigenvalue weighted by molar-refractivity contribution is -0.158. The van der Waals surface area contributed by atoms with Crippen LogP contribution in [-0.2, 0) is 35.2 Å². The summed E-state index contributed by atoms with van der Waals surface area (Å²) in [7, 11) is 0. The molecular formula is C29H45N3O8. The highest BCUT2D eigenvalue weighted by molar-refractivity contribution is 5.89. The van der Waals surface area contributed by atoms with Gasteiger partial charge < -0.3 is 30.2 Å². The summed E-state index contributed by atoms with van der Waals surface area (Å²) in [4.78, 5) is 61.6. The van der Waals surface area contributed by atoms with E-state index in [1.54, 1.807) is 41.5 Å². The zero-order valence-electron chi connectivity index (χ0n) is 24.8. The van der Waals surface area contributed by atoms with Gasteiger partial charge in [-0.15, -0.1) is 0 Å². The largest absolute Gasteiger partial charge is 0.460 e. The van der Waals surface area contributed by atoms with Crippen molar-refractivity contribution in [2.45, 2.75) is 110 Å². The van der Waals surface area contributed by atoms with Gasteiger partial charge in [-0.2, -0.15) is 0 Å². The van der Waals surface area contributed by atoms with Crippen LogP contribution in [0.5, 0.6) is 0 Å². The second-order valence-electron chi connectivity index (χ2n) is 11.5. The van der Waals surface area contributed by atoms with Crippen LogP contribution in [0.25, 0.3) is 0 Å². The molecule has 0 aromatic heterocycles. The van der Waals surface area contributed by atoms with Crippen molar-refractivity contribution < 1.29 is 38.2 Å². The van der Waals surface area contributed by atoms with Crippen LogP contribution in [0.1, 0.15) is 86.1 Å². The minimum absolute atomic E-state index is 0.0337. The fraction of sp³-hybridized carbons (Fsp3) is 0.621. The van der Waals surface area contributed by atoms with E-state index < -0.39 is 47.3 Å². The molecule has 11 nitrogen and oxygen atoms in total. The van der Waals surface area contributed by atoms with Crippen LogP contribution in [0.15, 0.2) is 30.3 Å². The number of hydrogen-bond donors (Lipinski definition) is 3. The molecule has 40 heavy (non-hydrogen) atoms. The topological polar surface area (TPSA) is 149 Å². The number of amides is 3. The van der Waals surface area contributed by atoms with Crippen molar-refractivity contribution in [1.82, 2.24) is 16.0 Å². The summed E-state index contributed by atoms with van der Waals surface area (Å²) in [5.74, 6) is -1.47. The molecule has 0 aliphatic heterocycles. The molecule has 0 radical (unpaired) electrons. The third-order valence-electron chi connectivity index (χ3n) is 5.25. The van der Waals surface area contributed by atoms with Crippen LogP contribution in [0.3, 0.4) is 0 Å². The van der Waals surface area contributed by atoms with Crippen LogP contribution in [0.2, 0.25) is 0 Å². The molecule has 0 aliphatic rings. The van der Waals surface area contributed by atoms with Gasteiger partial charge in [0.25, 0.3) is 0 Å². The quantitative estimate of drug-likeness (QED) is 0.173. The van der Waals surface area contributed by atoms with E-state index in [1.165, 1.54) is 6.92 Å². The van der Waals surface area contributed by atoms with Crippen molar-refractivity contribution in [3.8, 4) is 0 Å². The number of ketones is 1. The maximum Gasteiger partial charge on any atom is 0.407 e. The van der Waals surface area contributed by atoms with Crippen molar-refractivity contribution in [2.75, 3.05) is 6.54 Å². The number of unbranched alkanes of at least 4 members (excludes halogenated alkanes) is 1. The lowest BCUT2D eigenvalue weighted by Gasteiger charge is -2.26. The Morgan fingerprint density at radius 2 is 1.40 bits per heavy atom. The highest BCUT2D eigenvalue weighted by Crippen LogP contribution is 2.14. The average molecular weight is 564 g/mol. The number of carbonyl (C=O) groups excluding carboxylic acids is 5. The average Bonchev–Trinajstić information content (AvgIpc) is 2.82. The molecule has 0 bridgehead atoms. The maximum absolute atomic E-state index is 12.7. The Morgan fingerprint density at radius 3 is 1.98 bits per heavy atom. The van der Waals surface area contributed by atoms with Crippen LogP contribution in [-0.4, -0.2) is 59.7 Å². The fourth-order valence-corrected chi connectivity index (χ4v) is 3.45. The van der Waals surface area contributed by atoms with Crippen LogP contribution in [0.4, 0.5) is 9.59 Å². The molecule has 0 unspecified atom stereocenters. The lowest BCUT2D eigenvalue weighted by Crippen LogP contribution is -2.52. The molecule has 3 N–H and O–H groups in total. The number of benzene rings is 1. The molecule has 224 valence electrons. The molecule has 2 atom stereocenters. The first-order valence-electron chi connectivity index (χ1n) is 13.5. The first-order valence-corrected chi connectivity index (χ1v) is 13.5. The van der Waals surface area contributed by atoms with Gasteiger partial charge in [0.05, 0.1) is 6.04 Å². The number of ether oxygens (including phenoxy) is 3. The van der Waals surface area contributed by atoms with Crippen molar-refractivity contribution >= 4 is 29.8 Å². The number of carbonyl (C=O) groups is 5. The SMILES string of the molecule is CC(=O)[C@H](CCCCNC(=O)OCc1ccccc1)NC(=O)N[C@@H](CCC(=O)OC(C)(C)C)C(=O)OC(C)(C)C. The van der Waals surface area contributed by atoms with Crippen LogP contribution >= 0.6 is 0 Å². The fourth-order valence-electron chi connectivity index (χ4n) is 3.45. The first-order chi connectivity index (χ1) is 18.6. The number of rotatable bonds is 14. The van der Waals surface area contributed by atoms with Crippen molar-refractivity contribution in [3.05, 3.63) is 35.9 Å². The van der Waals surface area contributed by atoms with Gasteiger partial charge in [-0.05, 0) is 79.7 Å². The molecule has 0 saturated heterocycles. The molecule has 0 heterocycles. The number of urea groups is 1. The van der Waals surface area contributed by atoms with Crippen molar-refractivity contribution in [1.29, 1.82) is 0 Å². The third-order valence-corrected chi connectivity index (χ3v) is 5.25. The molecule has 0 fully saturated rings. The Bertz CT molecular complexity index is 983. The Morgan fingerprint density at radius 1 is 0.800 bits per heavy atom. The van der Waals surface area contributed by atoms with Crippen LogP contribution < -0.4 is 16.0 Å². The van der Waals surface area contributed by atoms with E-state index in [2.05, 4.69) is 16.0 Å².